The zero-order valence-electron chi connectivity index (χ0n) is 25.7. The minimum Gasteiger partial charge on any atom is -0.392 e. The van der Waals surface area contributed by atoms with Gasteiger partial charge in [-0.15, -0.1) is 0 Å². The molecule has 2 amide bonds. The van der Waals surface area contributed by atoms with E-state index >= 15 is 0 Å². The third-order valence-corrected chi connectivity index (χ3v) is 9.14. The number of rotatable bonds is 14. The second-order valence-electron chi connectivity index (χ2n) is 12.4. The lowest BCUT2D eigenvalue weighted by Gasteiger charge is -2.39. The van der Waals surface area contributed by atoms with Crippen molar-refractivity contribution in [3.8, 4) is 0 Å². The molecule has 3 heterocycles. The fourth-order valence-electron chi connectivity index (χ4n) is 6.61. The van der Waals surface area contributed by atoms with Crippen molar-refractivity contribution in [1.82, 2.24) is 20.6 Å². The molecule has 3 saturated heterocycles. The van der Waals surface area contributed by atoms with Gasteiger partial charge in [0.25, 0.3) is 0 Å². The van der Waals surface area contributed by atoms with E-state index in [1.807, 2.05) is 36.4 Å². The van der Waals surface area contributed by atoms with Gasteiger partial charge in [0.2, 0.25) is 11.8 Å². The summed E-state index contributed by atoms with van der Waals surface area (Å²) in [5.74, 6) is -0.508. The third kappa shape index (κ3) is 9.32. The monoisotopic (exact) mass is 608 g/mol. The molecule has 0 spiro atoms. The molecule has 10 heteroatoms. The highest BCUT2D eigenvalue weighted by Gasteiger charge is 2.36. The summed E-state index contributed by atoms with van der Waals surface area (Å²) >= 11 is 0. The second kappa shape index (κ2) is 16.5. The molecule has 0 radical (unpaired) electrons. The van der Waals surface area contributed by atoms with Crippen LogP contribution in [0.4, 0.5) is 0 Å². The molecule has 2 aromatic rings. The first kappa shape index (κ1) is 32.5. The normalized spacial score (nSPS) is 24.4. The Bertz CT molecular complexity index is 1190. The second-order valence-corrected chi connectivity index (χ2v) is 12.4. The smallest absolute Gasteiger partial charge is 0.243 e. The quantitative estimate of drug-likeness (QED) is 0.144. The standard InChI is InChI=1S/C34H48N4O6/c39-24-26-11-13-27(14-12-26)31-20-30(23-38-19-5-6-29(38)22-37-17-3-4-18-37)43-34(44-31)28-15-9-25(10-16-28)21-35-32(40)7-1-2-8-33(41)36-42/h9-16,29-31,34,39,42H,1-8,17-24H2,(H,35,40)(H,36,41). The summed E-state index contributed by atoms with van der Waals surface area (Å²) in [6, 6.07) is 16.6. The Kier molecular flexibility index (Phi) is 12.2. The zero-order valence-corrected chi connectivity index (χ0v) is 25.7. The molecule has 0 aliphatic carbocycles. The lowest BCUT2D eigenvalue weighted by Crippen LogP contribution is -2.45. The van der Waals surface area contributed by atoms with Gasteiger partial charge in [-0.1, -0.05) is 48.5 Å². The molecule has 4 N–H and O–H groups in total. The number of carbonyl (C=O) groups excluding carboxylic acids is 2. The van der Waals surface area contributed by atoms with Gasteiger partial charge in [-0.05, 0) is 74.8 Å². The number of hydroxylamine groups is 1. The Balaban J connectivity index is 1.19. The van der Waals surface area contributed by atoms with Crippen LogP contribution in [0.1, 0.15) is 92.4 Å². The number of hydrogen-bond acceptors (Lipinski definition) is 8. The summed E-state index contributed by atoms with van der Waals surface area (Å²) in [6.07, 6.45) is 6.93. The molecule has 5 rings (SSSR count). The summed E-state index contributed by atoms with van der Waals surface area (Å²) in [5.41, 5.74) is 5.50. The molecule has 3 fully saturated rings. The maximum atomic E-state index is 12.2. The Morgan fingerprint density at radius 3 is 2.20 bits per heavy atom. The maximum absolute atomic E-state index is 12.2. The van der Waals surface area contributed by atoms with Crippen molar-refractivity contribution in [2.75, 3.05) is 32.7 Å². The van der Waals surface area contributed by atoms with Crippen molar-refractivity contribution in [2.24, 2.45) is 0 Å². The van der Waals surface area contributed by atoms with Gasteiger partial charge < -0.3 is 24.8 Å². The van der Waals surface area contributed by atoms with Crippen LogP contribution in [0, 0.1) is 0 Å². The number of hydrogen-bond donors (Lipinski definition) is 4. The Morgan fingerprint density at radius 1 is 0.818 bits per heavy atom. The van der Waals surface area contributed by atoms with Gasteiger partial charge >= 0.3 is 0 Å². The molecule has 0 bridgehead atoms. The molecule has 44 heavy (non-hydrogen) atoms. The zero-order chi connectivity index (χ0) is 30.7. The number of ether oxygens (including phenoxy) is 2. The van der Waals surface area contributed by atoms with Crippen molar-refractivity contribution >= 4 is 11.8 Å². The van der Waals surface area contributed by atoms with Crippen LogP contribution >= 0.6 is 0 Å². The van der Waals surface area contributed by atoms with Gasteiger partial charge in [-0.25, -0.2) is 5.48 Å². The van der Waals surface area contributed by atoms with Crippen LogP contribution < -0.4 is 10.8 Å². The number of unbranched alkanes of at least 4 members (excludes halogenated alkanes) is 1. The van der Waals surface area contributed by atoms with E-state index in [2.05, 4.69) is 27.2 Å². The number of amides is 2. The Labute approximate surface area is 260 Å². The maximum Gasteiger partial charge on any atom is 0.243 e. The highest BCUT2D eigenvalue weighted by Crippen LogP contribution is 2.39. The van der Waals surface area contributed by atoms with Crippen LogP contribution in [0.3, 0.4) is 0 Å². The van der Waals surface area contributed by atoms with E-state index in [0.717, 1.165) is 48.3 Å². The largest absolute Gasteiger partial charge is 0.392 e. The summed E-state index contributed by atoms with van der Waals surface area (Å²) in [5, 5.41) is 21.0. The van der Waals surface area contributed by atoms with Crippen LogP contribution in [0.15, 0.2) is 48.5 Å². The van der Waals surface area contributed by atoms with Crippen molar-refractivity contribution in [2.45, 2.75) is 95.5 Å². The minimum absolute atomic E-state index is 0.0175. The molecular formula is C34H48N4O6. The van der Waals surface area contributed by atoms with E-state index in [0.29, 0.717) is 31.8 Å². The molecule has 240 valence electrons. The number of aliphatic hydroxyl groups is 1. The molecule has 0 aromatic heterocycles. The third-order valence-electron chi connectivity index (χ3n) is 9.14. The fourth-order valence-corrected chi connectivity index (χ4v) is 6.61. The highest BCUT2D eigenvalue weighted by atomic mass is 16.7. The number of likely N-dealkylation sites (tertiary alicyclic amines) is 2. The van der Waals surface area contributed by atoms with Gasteiger partial charge in [0, 0.05) is 50.5 Å². The molecule has 10 nitrogen and oxygen atoms in total. The summed E-state index contributed by atoms with van der Waals surface area (Å²) in [6.45, 7) is 6.02. The van der Waals surface area contributed by atoms with Gasteiger partial charge in [0.1, 0.15) is 0 Å². The molecule has 4 unspecified atom stereocenters. The highest BCUT2D eigenvalue weighted by molar-refractivity contribution is 5.76. The predicted octanol–water partition coefficient (Wildman–Crippen LogP) is 3.97. The molecule has 3 aliphatic rings. The van der Waals surface area contributed by atoms with E-state index in [9.17, 15) is 14.7 Å². The van der Waals surface area contributed by atoms with Crippen LogP contribution in [0.2, 0.25) is 0 Å². The van der Waals surface area contributed by atoms with Crippen molar-refractivity contribution < 1.29 is 29.4 Å². The van der Waals surface area contributed by atoms with E-state index in [-0.39, 0.29) is 31.1 Å². The van der Waals surface area contributed by atoms with E-state index in [1.165, 1.54) is 38.8 Å². The summed E-state index contributed by atoms with van der Waals surface area (Å²) in [4.78, 5) is 28.6. The summed E-state index contributed by atoms with van der Waals surface area (Å²) in [7, 11) is 0. The first-order chi connectivity index (χ1) is 21.5. The van der Waals surface area contributed by atoms with Crippen LogP contribution in [-0.2, 0) is 32.2 Å². The minimum atomic E-state index is -0.504. The Morgan fingerprint density at radius 2 is 1.50 bits per heavy atom. The lowest BCUT2D eigenvalue weighted by molar-refractivity contribution is -0.253. The van der Waals surface area contributed by atoms with Crippen molar-refractivity contribution in [3.05, 3.63) is 70.8 Å². The van der Waals surface area contributed by atoms with Crippen LogP contribution in [0.25, 0.3) is 0 Å². The average molecular weight is 609 g/mol. The van der Waals surface area contributed by atoms with Gasteiger partial charge in [-0.3, -0.25) is 19.7 Å². The van der Waals surface area contributed by atoms with Gasteiger partial charge in [-0.2, -0.15) is 0 Å². The Hall–Kier alpha value is -2.86. The first-order valence-corrected chi connectivity index (χ1v) is 16.3. The molecule has 4 atom stereocenters. The average Bonchev–Trinajstić information content (AvgIpc) is 3.74. The molecule has 2 aromatic carbocycles. The number of nitrogens with one attached hydrogen (secondary N) is 2. The fraction of sp³-hybridized carbons (Fsp3) is 0.588. The van der Waals surface area contributed by atoms with E-state index in [1.54, 1.807) is 5.48 Å². The first-order valence-electron chi connectivity index (χ1n) is 16.3. The predicted molar refractivity (Wildman–Crippen MR) is 165 cm³/mol. The number of nitrogens with zero attached hydrogens (tertiary/aromatic N) is 2. The molecule has 0 saturated carbocycles. The van der Waals surface area contributed by atoms with Gasteiger partial charge in [0.15, 0.2) is 6.29 Å². The number of aliphatic hydroxyl groups excluding tert-OH is 1. The molecular weight excluding hydrogens is 560 g/mol. The topological polar surface area (TPSA) is 124 Å². The number of carbonyl (C=O) groups is 2. The van der Waals surface area contributed by atoms with Crippen molar-refractivity contribution in [3.63, 3.8) is 0 Å². The van der Waals surface area contributed by atoms with Crippen LogP contribution in [-0.4, -0.2) is 76.8 Å². The SMILES string of the molecule is O=C(CCCCC(=O)NCc1ccc(C2OC(CN3CCCC3CN3CCCC3)CC(c3ccc(CO)cc3)O2)cc1)NO. The summed E-state index contributed by atoms with van der Waals surface area (Å²) < 4.78 is 13.2. The van der Waals surface area contributed by atoms with E-state index in [4.69, 9.17) is 14.7 Å². The van der Waals surface area contributed by atoms with Crippen LogP contribution in [0.5, 0.6) is 0 Å². The van der Waals surface area contributed by atoms with E-state index < -0.39 is 12.2 Å². The van der Waals surface area contributed by atoms with Gasteiger partial charge in [0.05, 0.1) is 18.8 Å². The van der Waals surface area contributed by atoms with Crippen molar-refractivity contribution in [1.29, 1.82) is 0 Å². The molecule has 3 aliphatic heterocycles. The lowest BCUT2D eigenvalue weighted by atomic mass is 9.99. The number of benzene rings is 2.